The molecule has 21 heavy (non-hydrogen) atoms. The van der Waals surface area contributed by atoms with Crippen molar-refractivity contribution in [2.24, 2.45) is 0 Å². The number of carboxylic acid groups (broad SMARTS) is 1. The summed E-state index contributed by atoms with van der Waals surface area (Å²) in [5, 5.41) is 9.87. The fourth-order valence-electron chi connectivity index (χ4n) is 2.18. The fraction of sp³-hybridized carbons (Fsp3) is 0.125. The van der Waals surface area contributed by atoms with E-state index in [9.17, 15) is 4.79 Å². The van der Waals surface area contributed by atoms with Crippen LogP contribution in [0.1, 0.15) is 21.9 Å². The third-order valence-electron chi connectivity index (χ3n) is 3.14. The second-order valence-corrected chi connectivity index (χ2v) is 4.64. The van der Waals surface area contributed by atoms with E-state index < -0.39 is 5.97 Å². The molecule has 0 aliphatic rings. The number of aromatic nitrogens is 1. The summed E-state index contributed by atoms with van der Waals surface area (Å²) in [4.78, 5) is 15.2. The SMILES string of the molecule is Cc1cc(COc2cccc3ncccc23)oc1C(=O)O. The number of aromatic carboxylic acids is 1. The van der Waals surface area contributed by atoms with Gasteiger partial charge in [-0.1, -0.05) is 6.07 Å². The molecule has 0 atom stereocenters. The van der Waals surface area contributed by atoms with Gasteiger partial charge in [-0.2, -0.15) is 0 Å². The van der Waals surface area contributed by atoms with Gasteiger partial charge in [-0.15, -0.1) is 0 Å². The number of hydrogen-bond acceptors (Lipinski definition) is 4. The van der Waals surface area contributed by atoms with E-state index in [2.05, 4.69) is 4.98 Å². The molecular formula is C16H13NO4. The first kappa shape index (κ1) is 13.2. The summed E-state index contributed by atoms with van der Waals surface area (Å²) in [6.45, 7) is 1.86. The zero-order valence-electron chi connectivity index (χ0n) is 11.4. The maximum atomic E-state index is 10.9. The summed E-state index contributed by atoms with van der Waals surface area (Å²) in [5.74, 6) is 0.0404. The first-order valence-electron chi connectivity index (χ1n) is 6.44. The predicted molar refractivity (Wildman–Crippen MR) is 76.5 cm³/mol. The van der Waals surface area contributed by atoms with Crippen LogP contribution in [0, 0.1) is 6.92 Å². The quantitative estimate of drug-likeness (QED) is 0.794. The highest BCUT2D eigenvalue weighted by Gasteiger charge is 2.14. The molecule has 0 amide bonds. The third-order valence-corrected chi connectivity index (χ3v) is 3.14. The lowest BCUT2D eigenvalue weighted by molar-refractivity contribution is 0.0657. The Hall–Kier alpha value is -2.82. The van der Waals surface area contributed by atoms with E-state index >= 15 is 0 Å². The summed E-state index contributed by atoms with van der Waals surface area (Å²) in [6, 6.07) is 11.1. The Morgan fingerprint density at radius 1 is 1.33 bits per heavy atom. The van der Waals surface area contributed by atoms with Crippen molar-refractivity contribution in [3.8, 4) is 5.75 Å². The Morgan fingerprint density at radius 3 is 2.95 bits per heavy atom. The topological polar surface area (TPSA) is 72.6 Å². The van der Waals surface area contributed by atoms with Crippen LogP contribution in [0.25, 0.3) is 10.9 Å². The molecule has 106 valence electrons. The van der Waals surface area contributed by atoms with Gasteiger partial charge in [-0.25, -0.2) is 4.79 Å². The number of ether oxygens (including phenoxy) is 1. The van der Waals surface area contributed by atoms with Gasteiger partial charge in [0, 0.05) is 17.1 Å². The molecule has 0 aliphatic carbocycles. The summed E-state index contributed by atoms with van der Waals surface area (Å²) < 4.78 is 11.0. The van der Waals surface area contributed by atoms with E-state index in [-0.39, 0.29) is 12.4 Å². The molecule has 0 fully saturated rings. The summed E-state index contributed by atoms with van der Waals surface area (Å²) in [7, 11) is 0. The van der Waals surface area contributed by atoms with E-state index in [0.717, 1.165) is 10.9 Å². The van der Waals surface area contributed by atoms with E-state index in [1.165, 1.54) is 0 Å². The van der Waals surface area contributed by atoms with Crippen LogP contribution < -0.4 is 4.74 Å². The lowest BCUT2D eigenvalue weighted by atomic mass is 10.2. The molecule has 0 spiro atoms. The minimum absolute atomic E-state index is 0.0480. The molecule has 2 heterocycles. The first-order valence-corrected chi connectivity index (χ1v) is 6.44. The molecule has 0 saturated carbocycles. The number of pyridine rings is 1. The van der Waals surface area contributed by atoms with Crippen molar-refractivity contribution in [3.63, 3.8) is 0 Å². The predicted octanol–water partition coefficient (Wildman–Crippen LogP) is 3.41. The maximum Gasteiger partial charge on any atom is 0.372 e. The van der Waals surface area contributed by atoms with Crippen LogP contribution in [0.15, 0.2) is 47.0 Å². The van der Waals surface area contributed by atoms with Crippen molar-refractivity contribution in [2.45, 2.75) is 13.5 Å². The highest BCUT2D eigenvalue weighted by Crippen LogP contribution is 2.25. The van der Waals surface area contributed by atoms with Crippen LogP contribution >= 0.6 is 0 Å². The number of aryl methyl sites for hydroxylation is 1. The van der Waals surface area contributed by atoms with Gasteiger partial charge in [0.2, 0.25) is 5.76 Å². The molecular weight excluding hydrogens is 270 g/mol. The highest BCUT2D eigenvalue weighted by molar-refractivity contribution is 5.86. The standard InChI is InChI=1S/C16H13NO4/c1-10-8-11(21-15(10)16(18)19)9-20-14-6-2-5-13-12(14)4-3-7-17-13/h2-8H,9H2,1H3,(H,18,19). The van der Waals surface area contributed by atoms with Gasteiger partial charge in [0.1, 0.15) is 18.1 Å². The van der Waals surface area contributed by atoms with Gasteiger partial charge in [0.15, 0.2) is 0 Å². The van der Waals surface area contributed by atoms with E-state index in [1.807, 2.05) is 30.3 Å². The smallest absolute Gasteiger partial charge is 0.372 e. The Kier molecular flexibility index (Phi) is 3.31. The number of rotatable bonds is 4. The van der Waals surface area contributed by atoms with E-state index in [1.54, 1.807) is 19.2 Å². The lowest BCUT2D eigenvalue weighted by Crippen LogP contribution is -1.96. The molecule has 0 saturated heterocycles. The molecule has 1 aromatic carbocycles. The van der Waals surface area contributed by atoms with Crippen LogP contribution in [0.5, 0.6) is 5.75 Å². The molecule has 0 bridgehead atoms. The van der Waals surface area contributed by atoms with Crippen LogP contribution in [0.3, 0.4) is 0 Å². The number of nitrogens with zero attached hydrogens (tertiary/aromatic N) is 1. The van der Waals surface area contributed by atoms with Gasteiger partial charge in [0.05, 0.1) is 5.52 Å². The summed E-state index contributed by atoms with van der Waals surface area (Å²) in [5.41, 5.74) is 1.43. The van der Waals surface area contributed by atoms with Gasteiger partial charge in [-0.05, 0) is 37.3 Å². The van der Waals surface area contributed by atoms with Crippen molar-refractivity contribution in [3.05, 3.63) is 59.7 Å². The van der Waals surface area contributed by atoms with Gasteiger partial charge >= 0.3 is 5.97 Å². The molecule has 0 radical (unpaired) electrons. The summed E-state index contributed by atoms with van der Waals surface area (Å²) >= 11 is 0. The number of carboxylic acids is 1. The van der Waals surface area contributed by atoms with Crippen LogP contribution in [0.2, 0.25) is 0 Å². The Labute approximate surface area is 120 Å². The van der Waals surface area contributed by atoms with Crippen molar-refractivity contribution < 1.29 is 19.1 Å². The fourth-order valence-corrected chi connectivity index (χ4v) is 2.18. The number of furan rings is 1. The Morgan fingerprint density at radius 2 is 2.19 bits per heavy atom. The average Bonchev–Trinajstić information content (AvgIpc) is 2.86. The van der Waals surface area contributed by atoms with Crippen LogP contribution in [-0.2, 0) is 6.61 Å². The largest absolute Gasteiger partial charge is 0.485 e. The van der Waals surface area contributed by atoms with Crippen molar-refractivity contribution >= 4 is 16.9 Å². The first-order chi connectivity index (χ1) is 10.1. The van der Waals surface area contributed by atoms with Gasteiger partial charge in [0.25, 0.3) is 0 Å². The number of benzene rings is 1. The minimum atomic E-state index is -1.08. The normalized spacial score (nSPS) is 10.7. The van der Waals surface area contributed by atoms with E-state index in [0.29, 0.717) is 17.1 Å². The number of fused-ring (bicyclic) bond motifs is 1. The van der Waals surface area contributed by atoms with Crippen molar-refractivity contribution in [1.82, 2.24) is 4.98 Å². The molecule has 5 heteroatoms. The highest BCUT2D eigenvalue weighted by atomic mass is 16.5. The summed E-state index contributed by atoms with van der Waals surface area (Å²) in [6.07, 6.45) is 1.72. The minimum Gasteiger partial charge on any atom is -0.485 e. The Balaban J connectivity index is 1.84. The molecule has 2 aromatic heterocycles. The molecule has 3 rings (SSSR count). The van der Waals surface area contributed by atoms with Crippen LogP contribution in [0.4, 0.5) is 0 Å². The lowest BCUT2D eigenvalue weighted by Gasteiger charge is -2.07. The average molecular weight is 283 g/mol. The Bertz CT molecular complexity index is 802. The molecule has 3 aromatic rings. The van der Waals surface area contributed by atoms with Gasteiger partial charge < -0.3 is 14.3 Å². The van der Waals surface area contributed by atoms with Crippen molar-refractivity contribution in [2.75, 3.05) is 0 Å². The second kappa shape index (κ2) is 5.28. The van der Waals surface area contributed by atoms with E-state index in [4.69, 9.17) is 14.3 Å². The second-order valence-electron chi connectivity index (χ2n) is 4.64. The zero-order chi connectivity index (χ0) is 14.8. The number of hydrogen-bond donors (Lipinski definition) is 1. The molecule has 5 nitrogen and oxygen atoms in total. The third kappa shape index (κ3) is 2.58. The van der Waals surface area contributed by atoms with Gasteiger partial charge in [-0.3, -0.25) is 4.98 Å². The monoisotopic (exact) mass is 283 g/mol. The van der Waals surface area contributed by atoms with Crippen LogP contribution in [-0.4, -0.2) is 16.1 Å². The van der Waals surface area contributed by atoms with Crippen molar-refractivity contribution in [1.29, 1.82) is 0 Å². The molecule has 0 unspecified atom stereocenters. The molecule has 0 aliphatic heterocycles. The zero-order valence-corrected chi connectivity index (χ0v) is 11.4. The molecule has 1 N–H and O–H groups in total. The number of carbonyl (C=O) groups is 1. The maximum absolute atomic E-state index is 10.9.